The van der Waals surface area contributed by atoms with Crippen molar-refractivity contribution in [1.29, 1.82) is 0 Å². The summed E-state index contributed by atoms with van der Waals surface area (Å²) in [6.45, 7) is 7.01. The van der Waals surface area contributed by atoms with Crippen molar-refractivity contribution in [2.24, 2.45) is 0 Å². The van der Waals surface area contributed by atoms with Crippen molar-refractivity contribution in [2.45, 2.75) is 38.3 Å². The van der Waals surface area contributed by atoms with E-state index in [9.17, 15) is 9.59 Å². The summed E-state index contributed by atoms with van der Waals surface area (Å²) in [4.78, 5) is 26.8. The van der Waals surface area contributed by atoms with E-state index >= 15 is 0 Å². The molecule has 3 aromatic rings. The van der Waals surface area contributed by atoms with Crippen LogP contribution in [0.2, 0.25) is 5.04 Å². The summed E-state index contributed by atoms with van der Waals surface area (Å²) in [5.74, 6) is 0. The molecule has 0 saturated carbocycles. The molecule has 0 radical (unpaired) electrons. The zero-order chi connectivity index (χ0) is 25.1. The van der Waals surface area contributed by atoms with E-state index < -0.39 is 32.1 Å². The average Bonchev–Trinajstić information content (AvgIpc) is 3.30. The van der Waals surface area contributed by atoms with Gasteiger partial charge in [-0.3, -0.25) is 14.3 Å². The summed E-state index contributed by atoms with van der Waals surface area (Å²) in [6.07, 6.45) is 1.82. The smallest absolute Gasteiger partial charge is 0.330 e. The molecule has 4 rings (SSSR count). The molecule has 0 spiro atoms. The molecule has 0 bridgehead atoms. The van der Waals surface area contributed by atoms with Crippen molar-refractivity contribution in [3.63, 3.8) is 0 Å². The zero-order valence-corrected chi connectivity index (χ0v) is 23.1. The number of benzene rings is 2. The predicted octanol–water partition coefficient (Wildman–Crippen LogP) is 3.39. The Labute approximate surface area is 219 Å². The maximum absolute atomic E-state index is 12.4. The summed E-state index contributed by atoms with van der Waals surface area (Å²) in [7, 11) is -2.74. The van der Waals surface area contributed by atoms with Gasteiger partial charge in [0, 0.05) is 6.20 Å². The van der Waals surface area contributed by atoms with Gasteiger partial charge in [0.15, 0.2) is 12.5 Å². The van der Waals surface area contributed by atoms with Gasteiger partial charge in [-0.1, -0.05) is 104 Å². The van der Waals surface area contributed by atoms with E-state index in [0.29, 0.717) is 5.56 Å². The lowest BCUT2D eigenvalue weighted by Gasteiger charge is -2.43. The van der Waals surface area contributed by atoms with Crippen LogP contribution < -0.4 is 21.6 Å². The molecule has 2 heterocycles. The molecular weight excluding hydrogens is 575 g/mol. The fourth-order valence-corrected chi connectivity index (χ4v) is 9.46. The number of halogens is 1. The van der Waals surface area contributed by atoms with Crippen LogP contribution in [0.1, 0.15) is 32.6 Å². The minimum Gasteiger partial charge on any atom is -0.402 e. The lowest BCUT2D eigenvalue weighted by molar-refractivity contribution is -0.0956. The molecule has 1 fully saturated rings. The van der Waals surface area contributed by atoms with Gasteiger partial charge in [0.1, 0.15) is 0 Å². The highest BCUT2D eigenvalue weighted by Gasteiger charge is 2.50. The van der Waals surface area contributed by atoms with E-state index in [1.54, 1.807) is 10.2 Å². The van der Waals surface area contributed by atoms with Crippen LogP contribution in [0.5, 0.6) is 0 Å². The highest BCUT2D eigenvalue weighted by molar-refractivity contribution is 14.1. The lowest BCUT2D eigenvalue weighted by Crippen LogP contribution is -2.67. The second kappa shape index (κ2) is 10.7. The van der Waals surface area contributed by atoms with Gasteiger partial charge in [0.25, 0.3) is 13.9 Å². The fraction of sp³-hybridized carbons (Fsp3) is 0.308. The Morgan fingerprint density at radius 1 is 1.09 bits per heavy atom. The predicted molar refractivity (Wildman–Crippen MR) is 148 cm³/mol. The first-order valence-electron chi connectivity index (χ1n) is 11.4. The molecule has 184 valence electrons. The highest BCUT2D eigenvalue weighted by Crippen LogP contribution is 2.37. The summed E-state index contributed by atoms with van der Waals surface area (Å²) in [5, 5.41) is 2.16. The van der Waals surface area contributed by atoms with Gasteiger partial charge >= 0.3 is 5.69 Å². The Balaban J connectivity index is 1.61. The lowest BCUT2D eigenvalue weighted by atomic mass is 10.2. The molecule has 7 nitrogen and oxygen atoms in total. The fourth-order valence-electron chi connectivity index (χ4n) is 4.53. The number of ether oxygens (including phenoxy) is 2. The number of hydrogen-bond donors (Lipinski definition) is 1. The van der Waals surface area contributed by atoms with Gasteiger partial charge in [-0.2, -0.15) is 0 Å². The normalized spacial score (nSPS) is 18.9. The summed E-state index contributed by atoms with van der Waals surface area (Å²) >= 11 is 2.02. The van der Waals surface area contributed by atoms with Crippen LogP contribution in [0, 0.1) is 0 Å². The Morgan fingerprint density at radius 3 is 2.23 bits per heavy atom. The van der Waals surface area contributed by atoms with Crippen molar-refractivity contribution >= 4 is 47.4 Å². The molecule has 2 atom stereocenters. The van der Waals surface area contributed by atoms with Gasteiger partial charge in [-0.05, 0) is 25.6 Å². The molecule has 9 heteroatoms. The molecule has 35 heavy (non-hydrogen) atoms. The molecule has 0 amide bonds. The van der Waals surface area contributed by atoms with Crippen molar-refractivity contribution in [1.82, 2.24) is 9.55 Å². The molecule has 1 aromatic heterocycles. The van der Waals surface area contributed by atoms with Crippen molar-refractivity contribution in [2.75, 3.05) is 13.2 Å². The monoisotopic (exact) mass is 604 g/mol. The quantitative estimate of drug-likeness (QED) is 0.331. The van der Waals surface area contributed by atoms with E-state index in [1.165, 1.54) is 21.1 Å². The molecule has 1 saturated heterocycles. The van der Waals surface area contributed by atoms with Gasteiger partial charge in [0.2, 0.25) is 0 Å². The first-order valence-corrected chi connectivity index (χ1v) is 14.6. The number of aromatic nitrogens is 2. The second-order valence-corrected chi connectivity index (χ2v) is 14.4. The van der Waals surface area contributed by atoms with Crippen LogP contribution in [0.3, 0.4) is 0 Å². The molecule has 1 N–H and O–H groups in total. The van der Waals surface area contributed by atoms with Crippen molar-refractivity contribution in [3.8, 4) is 0 Å². The third-order valence-electron chi connectivity index (χ3n) is 6.13. The Hall–Kier alpha value is -2.31. The number of aromatic amines is 1. The summed E-state index contributed by atoms with van der Waals surface area (Å²) in [5.41, 5.74) is -0.609. The first-order chi connectivity index (χ1) is 16.8. The molecule has 2 unspecified atom stereocenters. The topological polar surface area (TPSA) is 82.5 Å². The van der Waals surface area contributed by atoms with Crippen molar-refractivity contribution in [3.05, 3.63) is 97.3 Å². The molecule has 1 aliphatic rings. The third-order valence-corrected chi connectivity index (χ3v) is 11.5. The highest BCUT2D eigenvalue weighted by atomic mass is 127. The van der Waals surface area contributed by atoms with E-state index in [2.05, 4.69) is 50.0 Å². The van der Waals surface area contributed by atoms with Crippen LogP contribution in [0.15, 0.2) is 80.5 Å². The van der Waals surface area contributed by atoms with Crippen LogP contribution >= 0.6 is 22.6 Å². The first kappa shape index (κ1) is 25.8. The van der Waals surface area contributed by atoms with Gasteiger partial charge < -0.3 is 13.9 Å². The minimum atomic E-state index is -2.74. The van der Waals surface area contributed by atoms with Gasteiger partial charge in [-0.15, -0.1) is 0 Å². The van der Waals surface area contributed by atoms with Gasteiger partial charge in [0.05, 0.1) is 18.8 Å². The molecule has 0 aliphatic carbocycles. The van der Waals surface area contributed by atoms with Crippen molar-refractivity contribution < 1.29 is 13.9 Å². The molecular formula is C26H29IN2O5Si. The maximum Gasteiger partial charge on any atom is 0.330 e. The SMILES string of the molecule is CC(C)(C)[Si](OCC1OCC(n2cc(/C=C/I)c(=O)[nH]c2=O)O1)(c1ccccc1)c1ccccc1. The average molecular weight is 605 g/mol. The number of nitrogens with one attached hydrogen (secondary N) is 1. The largest absolute Gasteiger partial charge is 0.402 e. The number of hydrogen-bond acceptors (Lipinski definition) is 5. The summed E-state index contributed by atoms with van der Waals surface area (Å²) < 4.78 is 21.9. The standard InChI is InChI=1S/C26H29IN2O5Si/c1-26(2,3)35(20-10-6-4-7-11-20,21-12-8-5-9-13-21)33-18-23-32-17-22(34-23)29-16-19(14-15-27)24(30)28-25(29)31/h4-16,22-23H,17-18H2,1-3H3,(H,28,30,31)/b15-14+. The van der Waals surface area contributed by atoms with Crippen LogP contribution in [-0.4, -0.2) is 37.4 Å². The number of H-pyrrole nitrogens is 1. The van der Waals surface area contributed by atoms with E-state index in [4.69, 9.17) is 13.9 Å². The molecule has 2 aromatic carbocycles. The van der Waals surface area contributed by atoms with E-state index in [-0.39, 0.29) is 18.3 Å². The van der Waals surface area contributed by atoms with Crippen LogP contribution in [-0.2, 0) is 13.9 Å². The third kappa shape index (κ3) is 5.29. The maximum atomic E-state index is 12.4. The Kier molecular flexibility index (Phi) is 7.91. The zero-order valence-electron chi connectivity index (χ0n) is 19.9. The second-order valence-electron chi connectivity index (χ2n) is 9.37. The number of rotatable bonds is 7. The van der Waals surface area contributed by atoms with Gasteiger partial charge in [-0.25, -0.2) is 4.79 Å². The Bertz CT molecular complexity index is 1250. The van der Waals surface area contributed by atoms with E-state index in [1.807, 2.05) is 59.0 Å². The number of nitrogens with zero attached hydrogens (tertiary/aromatic N) is 1. The minimum absolute atomic E-state index is 0.175. The molecule has 1 aliphatic heterocycles. The van der Waals surface area contributed by atoms with E-state index in [0.717, 1.165) is 0 Å². The van der Waals surface area contributed by atoms with Crippen LogP contribution in [0.25, 0.3) is 6.08 Å². The Morgan fingerprint density at radius 2 is 1.69 bits per heavy atom. The summed E-state index contributed by atoms with van der Waals surface area (Å²) in [6, 6.07) is 20.7. The van der Waals surface area contributed by atoms with Crippen LogP contribution in [0.4, 0.5) is 0 Å².